The molecule has 0 radical (unpaired) electrons. The van der Waals surface area contributed by atoms with E-state index >= 15 is 0 Å². The highest BCUT2D eigenvalue weighted by molar-refractivity contribution is 5.85. The molecular formula is C37H49N5O4. The molecule has 2 aliphatic carbocycles. The van der Waals surface area contributed by atoms with Crippen LogP contribution < -0.4 is 5.32 Å². The third kappa shape index (κ3) is 6.60. The first-order valence-electron chi connectivity index (χ1n) is 16.7. The molecule has 0 spiro atoms. The van der Waals surface area contributed by atoms with Crippen LogP contribution in [0.1, 0.15) is 83.2 Å². The fourth-order valence-corrected chi connectivity index (χ4v) is 7.16. The molecule has 3 heterocycles. The van der Waals surface area contributed by atoms with Crippen LogP contribution >= 0.6 is 0 Å². The Hall–Kier alpha value is -4.01. The lowest BCUT2D eigenvalue weighted by atomic mass is 9.86. The van der Waals surface area contributed by atoms with Gasteiger partial charge in [-0.1, -0.05) is 12.1 Å². The minimum Gasteiger partial charge on any atom is -0.444 e. The van der Waals surface area contributed by atoms with Crippen molar-refractivity contribution in [2.75, 3.05) is 25.5 Å². The van der Waals surface area contributed by atoms with Gasteiger partial charge in [0.15, 0.2) is 0 Å². The van der Waals surface area contributed by atoms with Crippen LogP contribution in [0.15, 0.2) is 36.4 Å². The number of pyridine rings is 1. The Morgan fingerprint density at radius 2 is 1.70 bits per heavy atom. The predicted molar refractivity (Wildman–Crippen MR) is 182 cm³/mol. The van der Waals surface area contributed by atoms with E-state index in [4.69, 9.17) is 14.5 Å². The van der Waals surface area contributed by atoms with Gasteiger partial charge in [-0.2, -0.15) is 0 Å². The minimum atomic E-state index is -0.518. The molecule has 9 heteroatoms. The van der Waals surface area contributed by atoms with E-state index in [1.807, 2.05) is 53.5 Å². The SMILES string of the molecule is CN(C(=O)OC(C)(C)C)C1CCc2c(c3ccc(Nc4ccc5c(c4)C(C4CCN(C(=O)OC(C)(C)C)CC4)=CC5)nc3n2C)C1. The van der Waals surface area contributed by atoms with Gasteiger partial charge in [0.1, 0.15) is 22.7 Å². The lowest BCUT2D eigenvalue weighted by molar-refractivity contribution is 0.0193. The van der Waals surface area contributed by atoms with Crippen LogP contribution in [0, 0.1) is 5.92 Å². The summed E-state index contributed by atoms with van der Waals surface area (Å²) in [6, 6.07) is 10.9. The second-order valence-corrected chi connectivity index (χ2v) is 15.1. The zero-order valence-electron chi connectivity index (χ0n) is 28.7. The van der Waals surface area contributed by atoms with Crippen molar-refractivity contribution in [2.24, 2.45) is 13.0 Å². The third-order valence-electron chi connectivity index (χ3n) is 9.48. The van der Waals surface area contributed by atoms with Crippen molar-refractivity contribution in [3.05, 3.63) is 58.8 Å². The first-order valence-corrected chi connectivity index (χ1v) is 16.7. The van der Waals surface area contributed by atoms with Crippen molar-refractivity contribution in [1.29, 1.82) is 0 Å². The fourth-order valence-electron chi connectivity index (χ4n) is 7.16. The van der Waals surface area contributed by atoms with Gasteiger partial charge in [-0.3, -0.25) is 0 Å². The maximum Gasteiger partial charge on any atom is 0.410 e. The number of aromatic nitrogens is 2. The van der Waals surface area contributed by atoms with Gasteiger partial charge in [0.2, 0.25) is 0 Å². The number of hydrogen-bond donors (Lipinski definition) is 1. The summed E-state index contributed by atoms with van der Waals surface area (Å²) >= 11 is 0. The van der Waals surface area contributed by atoms with Gasteiger partial charge >= 0.3 is 12.2 Å². The zero-order chi connectivity index (χ0) is 33.0. The normalized spacial score (nSPS) is 18.6. The van der Waals surface area contributed by atoms with Gasteiger partial charge in [0.25, 0.3) is 0 Å². The van der Waals surface area contributed by atoms with Gasteiger partial charge in [-0.05, 0) is 133 Å². The van der Waals surface area contributed by atoms with Crippen LogP contribution in [0.4, 0.5) is 21.1 Å². The van der Waals surface area contributed by atoms with Crippen molar-refractivity contribution < 1.29 is 19.1 Å². The van der Waals surface area contributed by atoms with Gasteiger partial charge in [-0.15, -0.1) is 0 Å². The molecule has 1 saturated heterocycles. The molecule has 2 amide bonds. The second-order valence-electron chi connectivity index (χ2n) is 15.1. The van der Waals surface area contributed by atoms with E-state index < -0.39 is 11.2 Å². The first kappa shape index (κ1) is 32.0. The van der Waals surface area contributed by atoms with Crippen LogP contribution in [0.25, 0.3) is 16.6 Å². The Labute approximate surface area is 272 Å². The number of hydrogen-bond acceptors (Lipinski definition) is 6. The van der Waals surface area contributed by atoms with Gasteiger partial charge < -0.3 is 29.2 Å². The largest absolute Gasteiger partial charge is 0.444 e. The van der Waals surface area contributed by atoms with Crippen LogP contribution in [-0.2, 0) is 35.8 Å². The summed E-state index contributed by atoms with van der Waals surface area (Å²) in [4.78, 5) is 34.0. The van der Waals surface area contributed by atoms with Crippen LogP contribution in [0.5, 0.6) is 0 Å². The maximum absolute atomic E-state index is 12.8. The molecule has 9 nitrogen and oxygen atoms in total. The summed E-state index contributed by atoms with van der Waals surface area (Å²) in [7, 11) is 3.94. The number of likely N-dealkylation sites (N-methyl/N-ethyl adjacent to an activating group) is 1. The summed E-state index contributed by atoms with van der Waals surface area (Å²) in [5.74, 6) is 1.24. The number of benzene rings is 1. The molecule has 1 fully saturated rings. The molecule has 246 valence electrons. The average molecular weight is 628 g/mol. The number of nitrogens with one attached hydrogen (secondary N) is 1. The molecule has 3 aromatic rings. The number of aryl methyl sites for hydroxylation is 1. The fraction of sp³-hybridized carbons (Fsp3) is 0.541. The topological polar surface area (TPSA) is 88.9 Å². The molecule has 3 aliphatic rings. The number of likely N-dealkylation sites (tertiary alicyclic amines) is 1. The number of rotatable bonds is 4. The molecule has 1 N–H and O–H groups in total. The summed E-state index contributed by atoms with van der Waals surface area (Å²) in [5, 5.41) is 4.71. The molecule has 1 atom stereocenters. The molecule has 1 unspecified atom stereocenters. The lowest BCUT2D eigenvalue weighted by Gasteiger charge is -2.34. The minimum absolute atomic E-state index is 0.0870. The average Bonchev–Trinajstić information content (AvgIpc) is 3.53. The van der Waals surface area contributed by atoms with Crippen molar-refractivity contribution in [3.63, 3.8) is 0 Å². The van der Waals surface area contributed by atoms with E-state index in [1.165, 1.54) is 28.0 Å². The molecule has 0 saturated carbocycles. The van der Waals surface area contributed by atoms with Gasteiger partial charge in [-0.25, -0.2) is 14.6 Å². The number of fused-ring (bicyclic) bond motifs is 4. The number of carbonyl (C=O) groups excluding carboxylic acids is 2. The summed E-state index contributed by atoms with van der Waals surface area (Å²) in [6.07, 6.45) is 7.27. The molecule has 2 aromatic heterocycles. The number of anilines is 2. The number of amides is 2. The van der Waals surface area contributed by atoms with E-state index in [1.54, 1.807) is 4.90 Å². The summed E-state index contributed by atoms with van der Waals surface area (Å²) < 4.78 is 13.5. The van der Waals surface area contributed by atoms with Crippen molar-refractivity contribution in [2.45, 2.75) is 97.3 Å². The zero-order valence-corrected chi connectivity index (χ0v) is 28.7. The van der Waals surface area contributed by atoms with Crippen LogP contribution in [-0.4, -0.2) is 68.9 Å². The highest BCUT2D eigenvalue weighted by Crippen LogP contribution is 2.40. The predicted octanol–water partition coefficient (Wildman–Crippen LogP) is 7.63. The van der Waals surface area contributed by atoms with Crippen LogP contribution in [0.3, 0.4) is 0 Å². The molecule has 46 heavy (non-hydrogen) atoms. The Morgan fingerprint density at radius 1 is 0.978 bits per heavy atom. The highest BCUT2D eigenvalue weighted by atomic mass is 16.6. The van der Waals surface area contributed by atoms with Gasteiger partial charge in [0.05, 0.1) is 0 Å². The summed E-state index contributed by atoms with van der Waals surface area (Å²) in [6.45, 7) is 12.9. The van der Waals surface area contributed by atoms with Crippen LogP contribution in [0.2, 0.25) is 0 Å². The van der Waals surface area contributed by atoms with E-state index in [-0.39, 0.29) is 18.2 Å². The Kier molecular flexibility index (Phi) is 8.32. The van der Waals surface area contributed by atoms with E-state index in [0.717, 1.165) is 61.1 Å². The first-order chi connectivity index (χ1) is 21.7. The molecule has 1 aliphatic heterocycles. The molecular weight excluding hydrogens is 578 g/mol. The number of piperidine rings is 1. The molecule has 0 bridgehead atoms. The number of allylic oxidation sites excluding steroid dienone is 2. The van der Waals surface area contributed by atoms with Crippen molar-refractivity contribution >= 4 is 40.3 Å². The van der Waals surface area contributed by atoms with E-state index in [2.05, 4.69) is 53.3 Å². The highest BCUT2D eigenvalue weighted by Gasteiger charge is 2.32. The Bertz CT molecular complexity index is 1680. The standard InChI is InChI=1S/C37H49N5O4/c1-36(2,3)45-34(43)40(7)26-12-15-31-30(22-26)28-14-16-32(39-33(28)41(31)8)38-25-11-9-23-10-13-27(29(23)21-25)24-17-19-42(20-18-24)35(44)46-37(4,5)6/h9,11,13-14,16,21,24,26H,10,12,15,17-20,22H2,1-8H3,(H,38,39). The monoisotopic (exact) mass is 627 g/mol. The Balaban J connectivity index is 1.15. The third-order valence-corrected chi connectivity index (χ3v) is 9.48. The van der Waals surface area contributed by atoms with Crippen molar-refractivity contribution in [1.82, 2.24) is 19.4 Å². The van der Waals surface area contributed by atoms with Crippen molar-refractivity contribution in [3.8, 4) is 0 Å². The molecule has 6 rings (SSSR count). The smallest absolute Gasteiger partial charge is 0.410 e. The lowest BCUT2D eigenvalue weighted by Crippen LogP contribution is -2.43. The van der Waals surface area contributed by atoms with Gasteiger partial charge in [0, 0.05) is 50.0 Å². The quantitative estimate of drug-likeness (QED) is 0.320. The summed E-state index contributed by atoms with van der Waals surface area (Å²) in [5.41, 5.74) is 7.58. The number of ether oxygens (including phenoxy) is 2. The maximum atomic E-state index is 12.8. The number of carbonyl (C=O) groups is 2. The van der Waals surface area contributed by atoms with E-state index in [9.17, 15) is 9.59 Å². The second kappa shape index (κ2) is 12.0. The van der Waals surface area contributed by atoms with E-state index in [0.29, 0.717) is 19.0 Å². The molecule has 1 aromatic carbocycles. The Morgan fingerprint density at radius 3 is 2.39 bits per heavy atom. The number of nitrogens with zero attached hydrogens (tertiary/aromatic N) is 4.